The Hall–Kier alpha value is -0.740. The lowest BCUT2D eigenvalue weighted by molar-refractivity contribution is 0.107. The maximum Gasteiger partial charge on any atom is 0.257 e. The quantitative estimate of drug-likeness (QED) is 0.528. The molecule has 1 rings (SSSR count). The third kappa shape index (κ3) is 1.70. The summed E-state index contributed by atoms with van der Waals surface area (Å²) in [4.78, 5) is 13.2. The van der Waals surface area contributed by atoms with Crippen LogP contribution >= 0.6 is 23.2 Å². The molecule has 0 aromatic carbocycles. The van der Waals surface area contributed by atoms with Gasteiger partial charge < -0.3 is 0 Å². The SMILES string of the molecule is O=C(Cl)c1cc(Cl)c(F)nc1F. The monoisotopic (exact) mass is 211 g/mol. The third-order valence-corrected chi connectivity index (χ3v) is 1.57. The van der Waals surface area contributed by atoms with Crippen LogP contribution in [0.4, 0.5) is 8.78 Å². The van der Waals surface area contributed by atoms with Gasteiger partial charge in [0.25, 0.3) is 5.24 Å². The van der Waals surface area contributed by atoms with E-state index >= 15 is 0 Å². The van der Waals surface area contributed by atoms with Gasteiger partial charge in [0.1, 0.15) is 0 Å². The minimum Gasteiger partial charge on any atom is -0.275 e. The van der Waals surface area contributed by atoms with Gasteiger partial charge in [0.05, 0.1) is 10.6 Å². The van der Waals surface area contributed by atoms with Crippen LogP contribution in [0.2, 0.25) is 5.02 Å². The molecular weight excluding hydrogens is 211 g/mol. The topological polar surface area (TPSA) is 30.0 Å². The molecule has 0 aliphatic heterocycles. The Kier molecular flexibility index (Phi) is 2.59. The lowest BCUT2D eigenvalue weighted by Crippen LogP contribution is -2.00. The average molecular weight is 212 g/mol. The van der Waals surface area contributed by atoms with Crippen LogP contribution in [0.3, 0.4) is 0 Å². The number of hydrogen-bond acceptors (Lipinski definition) is 2. The van der Waals surface area contributed by atoms with Gasteiger partial charge in [-0.1, -0.05) is 11.6 Å². The summed E-state index contributed by atoms with van der Waals surface area (Å²) in [5, 5.41) is -1.51. The second-order valence-electron chi connectivity index (χ2n) is 1.87. The number of hydrogen-bond donors (Lipinski definition) is 0. The molecule has 0 spiro atoms. The van der Waals surface area contributed by atoms with Gasteiger partial charge in [-0.15, -0.1) is 0 Å². The van der Waals surface area contributed by atoms with Gasteiger partial charge in [0, 0.05) is 0 Å². The first-order chi connectivity index (χ1) is 5.52. The number of aromatic nitrogens is 1. The van der Waals surface area contributed by atoms with Crippen LogP contribution in [0, 0.1) is 11.9 Å². The highest BCUT2D eigenvalue weighted by Crippen LogP contribution is 2.17. The molecule has 0 saturated carbocycles. The van der Waals surface area contributed by atoms with Crippen LogP contribution in [0.25, 0.3) is 0 Å². The molecule has 0 bridgehead atoms. The van der Waals surface area contributed by atoms with E-state index in [0.717, 1.165) is 6.07 Å². The molecule has 0 saturated heterocycles. The number of halogens is 4. The predicted octanol–water partition coefficient (Wildman–Crippen LogP) is 2.39. The molecule has 1 aromatic heterocycles. The molecule has 0 unspecified atom stereocenters. The molecule has 0 amide bonds. The van der Waals surface area contributed by atoms with Crippen molar-refractivity contribution in [2.24, 2.45) is 0 Å². The van der Waals surface area contributed by atoms with Gasteiger partial charge in [-0.05, 0) is 17.7 Å². The Labute approximate surface area is 76.1 Å². The van der Waals surface area contributed by atoms with E-state index in [1.807, 2.05) is 0 Å². The summed E-state index contributed by atoms with van der Waals surface area (Å²) in [5.41, 5.74) is -0.539. The minimum absolute atomic E-state index is 0.444. The molecule has 1 aromatic rings. The van der Waals surface area contributed by atoms with E-state index in [1.54, 1.807) is 0 Å². The lowest BCUT2D eigenvalue weighted by atomic mass is 10.3. The largest absolute Gasteiger partial charge is 0.275 e. The van der Waals surface area contributed by atoms with Crippen LogP contribution in [-0.2, 0) is 0 Å². The highest BCUT2D eigenvalue weighted by atomic mass is 35.5. The Balaban J connectivity index is 3.33. The van der Waals surface area contributed by atoms with Crippen molar-refractivity contribution < 1.29 is 13.6 Å². The number of carbonyl (C=O) groups excluding carboxylic acids is 1. The number of nitrogens with zero attached hydrogens (tertiary/aromatic N) is 1. The van der Waals surface area contributed by atoms with E-state index in [-0.39, 0.29) is 0 Å². The van der Waals surface area contributed by atoms with E-state index in [0.29, 0.717) is 0 Å². The highest BCUT2D eigenvalue weighted by Gasteiger charge is 2.14. The zero-order chi connectivity index (χ0) is 9.30. The van der Waals surface area contributed by atoms with Gasteiger partial charge in [-0.25, -0.2) is 0 Å². The van der Waals surface area contributed by atoms with E-state index in [4.69, 9.17) is 23.2 Å². The van der Waals surface area contributed by atoms with Crippen molar-refractivity contribution in [2.45, 2.75) is 0 Å². The van der Waals surface area contributed by atoms with E-state index in [9.17, 15) is 13.6 Å². The van der Waals surface area contributed by atoms with Crippen molar-refractivity contribution >= 4 is 28.4 Å². The summed E-state index contributed by atoms with van der Waals surface area (Å²) in [6.07, 6.45) is 0. The molecule has 64 valence electrons. The maximum absolute atomic E-state index is 12.6. The van der Waals surface area contributed by atoms with Crippen LogP contribution in [-0.4, -0.2) is 10.2 Å². The molecule has 0 atom stereocenters. The molecule has 0 fully saturated rings. The van der Waals surface area contributed by atoms with Crippen molar-refractivity contribution in [3.05, 3.63) is 28.5 Å². The smallest absolute Gasteiger partial charge is 0.257 e. The summed E-state index contributed by atoms with van der Waals surface area (Å²) in [5.74, 6) is -2.44. The molecule has 0 radical (unpaired) electrons. The Morgan fingerprint density at radius 2 is 2.00 bits per heavy atom. The normalized spacial score (nSPS) is 10.0. The summed E-state index contributed by atoms with van der Waals surface area (Å²) < 4.78 is 25.0. The highest BCUT2D eigenvalue weighted by molar-refractivity contribution is 6.67. The van der Waals surface area contributed by atoms with E-state index in [2.05, 4.69) is 4.98 Å². The summed E-state index contributed by atoms with van der Waals surface area (Å²) in [7, 11) is 0. The number of rotatable bonds is 1. The summed E-state index contributed by atoms with van der Waals surface area (Å²) in [6.45, 7) is 0. The van der Waals surface area contributed by atoms with Crippen molar-refractivity contribution in [3.63, 3.8) is 0 Å². The first-order valence-electron chi connectivity index (χ1n) is 2.73. The van der Waals surface area contributed by atoms with Crippen molar-refractivity contribution in [1.82, 2.24) is 4.98 Å². The van der Waals surface area contributed by atoms with E-state index in [1.165, 1.54) is 0 Å². The van der Waals surface area contributed by atoms with Crippen LogP contribution in [0.15, 0.2) is 6.07 Å². The van der Waals surface area contributed by atoms with Gasteiger partial charge in [0.15, 0.2) is 0 Å². The Morgan fingerprint density at radius 1 is 1.42 bits per heavy atom. The molecule has 0 N–H and O–H groups in total. The predicted molar refractivity (Wildman–Crippen MR) is 39.3 cm³/mol. The average Bonchev–Trinajstić information content (AvgIpc) is 1.96. The molecule has 2 nitrogen and oxygen atoms in total. The Bertz CT molecular complexity index is 343. The van der Waals surface area contributed by atoms with Gasteiger partial charge in [0.2, 0.25) is 11.9 Å². The van der Waals surface area contributed by atoms with Crippen molar-refractivity contribution in [2.75, 3.05) is 0 Å². The van der Waals surface area contributed by atoms with Crippen molar-refractivity contribution in [3.8, 4) is 0 Å². The molecular formula is C6HCl2F2NO. The molecule has 6 heteroatoms. The Morgan fingerprint density at radius 3 is 2.50 bits per heavy atom. The third-order valence-electron chi connectivity index (χ3n) is 1.10. The van der Waals surface area contributed by atoms with Crippen molar-refractivity contribution in [1.29, 1.82) is 0 Å². The fourth-order valence-corrected chi connectivity index (χ4v) is 0.867. The molecule has 12 heavy (non-hydrogen) atoms. The molecule has 0 aliphatic rings. The zero-order valence-corrected chi connectivity index (χ0v) is 6.96. The number of carbonyl (C=O) groups is 1. The fourth-order valence-electron chi connectivity index (χ4n) is 0.583. The summed E-state index contributed by atoms with van der Waals surface area (Å²) in [6, 6.07) is 0.786. The standard InChI is InChI=1S/C6HCl2F2NO/c7-3-1-2(4(8)12)5(9)11-6(3)10/h1H. The maximum atomic E-state index is 12.6. The second-order valence-corrected chi connectivity index (χ2v) is 2.62. The van der Waals surface area contributed by atoms with Crippen LogP contribution in [0.1, 0.15) is 10.4 Å². The summed E-state index contributed by atoms with van der Waals surface area (Å²) >= 11 is 10.1. The van der Waals surface area contributed by atoms with Gasteiger partial charge in [-0.2, -0.15) is 13.8 Å². The minimum atomic E-state index is -1.27. The van der Waals surface area contributed by atoms with Crippen LogP contribution < -0.4 is 0 Å². The first-order valence-corrected chi connectivity index (χ1v) is 3.49. The number of pyridine rings is 1. The first kappa shape index (κ1) is 9.35. The molecule has 1 heterocycles. The molecule has 0 aliphatic carbocycles. The lowest BCUT2D eigenvalue weighted by Gasteiger charge is -1.97. The van der Waals surface area contributed by atoms with Gasteiger partial charge >= 0.3 is 0 Å². The zero-order valence-electron chi connectivity index (χ0n) is 5.44. The van der Waals surface area contributed by atoms with Crippen LogP contribution in [0.5, 0.6) is 0 Å². The van der Waals surface area contributed by atoms with E-state index < -0.39 is 27.7 Å². The van der Waals surface area contributed by atoms with Gasteiger partial charge in [-0.3, -0.25) is 4.79 Å². The second kappa shape index (κ2) is 3.33. The fraction of sp³-hybridized carbons (Fsp3) is 0.